The zero-order chi connectivity index (χ0) is 16.2. The third-order valence-corrected chi connectivity index (χ3v) is 4.02. The highest BCUT2D eigenvalue weighted by molar-refractivity contribution is 9.10. The van der Waals surface area contributed by atoms with Gasteiger partial charge >= 0.3 is 0 Å². The van der Waals surface area contributed by atoms with Gasteiger partial charge in [-0.2, -0.15) is 0 Å². The number of aryl methyl sites for hydroxylation is 1. The van der Waals surface area contributed by atoms with Crippen LogP contribution >= 0.6 is 15.9 Å². The van der Waals surface area contributed by atoms with Gasteiger partial charge in [-0.3, -0.25) is 4.79 Å². The number of ketones is 1. The van der Waals surface area contributed by atoms with E-state index in [1.54, 1.807) is 6.07 Å². The summed E-state index contributed by atoms with van der Waals surface area (Å²) >= 11 is 3.44. The topological polar surface area (TPSA) is 26.3 Å². The van der Waals surface area contributed by atoms with E-state index in [0.717, 1.165) is 15.8 Å². The molecule has 0 N–H and O–H groups in total. The Morgan fingerprint density at radius 2 is 1.57 bits per heavy atom. The number of hydrogen-bond donors (Lipinski definition) is 0. The van der Waals surface area contributed by atoms with Gasteiger partial charge < -0.3 is 4.74 Å². The van der Waals surface area contributed by atoms with Gasteiger partial charge in [-0.1, -0.05) is 58.4 Å². The molecule has 0 radical (unpaired) electrons. The van der Waals surface area contributed by atoms with E-state index in [1.807, 2.05) is 73.7 Å². The first kappa shape index (κ1) is 15.5. The summed E-state index contributed by atoms with van der Waals surface area (Å²) in [6.07, 6.45) is 0. The zero-order valence-electron chi connectivity index (χ0n) is 12.6. The fourth-order valence-electron chi connectivity index (χ4n) is 2.33. The molecule has 0 aliphatic carbocycles. The Bertz CT molecular complexity index is 841. The second-order valence-corrected chi connectivity index (χ2v) is 6.12. The number of para-hydroxylation sites is 1. The van der Waals surface area contributed by atoms with E-state index in [2.05, 4.69) is 15.9 Å². The van der Waals surface area contributed by atoms with E-state index in [1.165, 1.54) is 0 Å². The van der Waals surface area contributed by atoms with E-state index in [-0.39, 0.29) is 5.78 Å². The molecule has 0 amide bonds. The molecule has 3 aromatic carbocycles. The van der Waals surface area contributed by atoms with Crippen molar-refractivity contribution in [1.82, 2.24) is 0 Å². The second-order valence-electron chi connectivity index (χ2n) is 5.20. The normalized spacial score (nSPS) is 10.3. The molecule has 0 aliphatic rings. The van der Waals surface area contributed by atoms with Crippen molar-refractivity contribution in [2.45, 2.75) is 6.92 Å². The Morgan fingerprint density at radius 1 is 0.870 bits per heavy atom. The van der Waals surface area contributed by atoms with Crippen LogP contribution in [0, 0.1) is 6.92 Å². The van der Waals surface area contributed by atoms with E-state index >= 15 is 0 Å². The monoisotopic (exact) mass is 366 g/mol. The zero-order valence-corrected chi connectivity index (χ0v) is 14.2. The Morgan fingerprint density at radius 3 is 2.30 bits per heavy atom. The number of halogens is 1. The summed E-state index contributed by atoms with van der Waals surface area (Å²) in [5.41, 5.74) is 2.21. The summed E-state index contributed by atoms with van der Waals surface area (Å²) in [6, 6.07) is 22.3. The maximum atomic E-state index is 12.7. The van der Waals surface area contributed by atoms with Gasteiger partial charge in [-0.05, 0) is 42.8 Å². The number of carbonyl (C=O) groups is 1. The molecular weight excluding hydrogens is 352 g/mol. The minimum absolute atomic E-state index is 0.0454. The summed E-state index contributed by atoms with van der Waals surface area (Å²) in [6.45, 7) is 1.97. The van der Waals surface area contributed by atoms with Crippen LogP contribution in [-0.2, 0) is 0 Å². The van der Waals surface area contributed by atoms with Crippen molar-refractivity contribution >= 4 is 21.7 Å². The van der Waals surface area contributed by atoms with Crippen molar-refractivity contribution in [3.63, 3.8) is 0 Å². The number of ether oxygens (including phenoxy) is 1. The molecular formula is C20H15BrO2. The van der Waals surface area contributed by atoms with Gasteiger partial charge in [0, 0.05) is 10.0 Å². The highest BCUT2D eigenvalue weighted by Crippen LogP contribution is 2.30. The fraction of sp³-hybridized carbons (Fsp3) is 0.0500. The van der Waals surface area contributed by atoms with Gasteiger partial charge in [-0.15, -0.1) is 0 Å². The second kappa shape index (κ2) is 6.80. The van der Waals surface area contributed by atoms with E-state index in [9.17, 15) is 4.79 Å². The Labute approximate surface area is 143 Å². The first-order valence-electron chi connectivity index (χ1n) is 7.28. The third kappa shape index (κ3) is 3.51. The Balaban J connectivity index is 1.97. The number of benzene rings is 3. The molecule has 3 rings (SSSR count). The lowest BCUT2D eigenvalue weighted by molar-refractivity contribution is 0.103. The molecule has 0 atom stereocenters. The van der Waals surface area contributed by atoms with E-state index in [0.29, 0.717) is 16.9 Å². The SMILES string of the molecule is Cc1cc(Br)ccc1Oc1ccccc1C(=O)c1ccccc1. The third-order valence-electron chi connectivity index (χ3n) is 3.52. The van der Waals surface area contributed by atoms with Crippen LogP contribution in [0.5, 0.6) is 11.5 Å². The van der Waals surface area contributed by atoms with Crippen LogP contribution in [0.2, 0.25) is 0 Å². The van der Waals surface area contributed by atoms with E-state index in [4.69, 9.17) is 4.74 Å². The molecule has 3 heteroatoms. The first-order valence-corrected chi connectivity index (χ1v) is 8.07. The van der Waals surface area contributed by atoms with Crippen LogP contribution in [-0.4, -0.2) is 5.78 Å². The van der Waals surface area contributed by atoms with Crippen LogP contribution in [0.1, 0.15) is 21.5 Å². The molecule has 0 spiro atoms. The molecule has 0 saturated carbocycles. The summed E-state index contributed by atoms with van der Waals surface area (Å²) in [5.74, 6) is 1.25. The number of hydrogen-bond acceptors (Lipinski definition) is 2. The maximum Gasteiger partial charge on any atom is 0.196 e. The Hall–Kier alpha value is -2.39. The predicted octanol–water partition coefficient (Wildman–Crippen LogP) is 5.78. The molecule has 0 unspecified atom stereocenters. The predicted molar refractivity (Wildman–Crippen MR) is 95.3 cm³/mol. The molecule has 0 saturated heterocycles. The van der Waals surface area contributed by atoms with Crippen molar-refractivity contribution in [3.05, 3.63) is 94.0 Å². The van der Waals surface area contributed by atoms with Gasteiger partial charge in [0.05, 0.1) is 5.56 Å². The van der Waals surface area contributed by atoms with Gasteiger partial charge in [0.2, 0.25) is 0 Å². The standard InChI is InChI=1S/C20H15BrO2/c1-14-13-16(21)11-12-18(14)23-19-10-6-5-9-17(19)20(22)15-7-3-2-4-8-15/h2-13H,1H3. The smallest absolute Gasteiger partial charge is 0.196 e. The average molecular weight is 367 g/mol. The summed E-state index contributed by atoms with van der Waals surface area (Å²) in [5, 5.41) is 0. The lowest BCUT2D eigenvalue weighted by atomic mass is 10.0. The van der Waals surface area contributed by atoms with Crippen molar-refractivity contribution in [1.29, 1.82) is 0 Å². The van der Waals surface area contributed by atoms with Gasteiger partial charge in [0.15, 0.2) is 5.78 Å². The largest absolute Gasteiger partial charge is 0.456 e. The molecule has 2 nitrogen and oxygen atoms in total. The molecule has 0 aromatic heterocycles. The van der Waals surface area contributed by atoms with Crippen molar-refractivity contribution < 1.29 is 9.53 Å². The minimum atomic E-state index is -0.0454. The summed E-state index contributed by atoms with van der Waals surface area (Å²) in [4.78, 5) is 12.7. The molecule has 0 bridgehead atoms. The molecule has 0 fully saturated rings. The van der Waals surface area contributed by atoms with E-state index < -0.39 is 0 Å². The quantitative estimate of drug-likeness (QED) is 0.547. The lowest BCUT2D eigenvalue weighted by Gasteiger charge is -2.12. The molecule has 23 heavy (non-hydrogen) atoms. The summed E-state index contributed by atoms with van der Waals surface area (Å²) < 4.78 is 6.99. The van der Waals surface area contributed by atoms with Crippen LogP contribution in [0.4, 0.5) is 0 Å². The lowest BCUT2D eigenvalue weighted by Crippen LogP contribution is -2.03. The average Bonchev–Trinajstić information content (AvgIpc) is 2.58. The number of rotatable bonds is 4. The van der Waals surface area contributed by atoms with Gasteiger partial charge in [0.1, 0.15) is 11.5 Å². The Kier molecular flexibility index (Phi) is 4.58. The van der Waals surface area contributed by atoms with Gasteiger partial charge in [0.25, 0.3) is 0 Å². The fourth-order valence-corrected chi connectivity index (χ4v) is 2.81. The minimum Gasteiger partial charge on any atom is -0.456 e. The molecule has 3 aromatic rings. The van der Waals surface area contributed by atoms with Gasteiger partial charge in [-0.25, -0.2) is 0 Å². The van der Waals surface area contributed by atoms with Crippen LogP contribution in [0.15, 0.2) is 77.3 Å². The number of carbonyl (C=O) groups excluding carboxylic acids is 1. The van der Waals surface area contributed by atoms with Crippen molar-refractivity contribution in [3.8, 4) is 11.5 Å². The maximum absolute atomic E-state index is 12.7. The summed E-state index contributed by atoms with van der Waals surface area (Å²) in [7, 11) is 0. The highest BCUT2D eigenvalue weighted by atomic mass is 79.9. The molecule has 0 heterocycles. The molecule has 114 valence electrons. The van der Waals surface area contributed by atoms with Crippen molar-refractivity contribution in [2.75, 3.05) is 0 Å². The van der Waals surface area contributed by atoms with Crippen LogP contribution in [0.3, 0.4) is 0 Å². The van der Waals surface area contributed by atoms with Crippen LogP contribution < -0.4 is 4.74 Å². The highest BCUT2D eigenvalue weighted by Gasteiger charge is 2.15. The first-order chi connectivity index (χ1) is 11.1. The van der Waals surface area contributed by atoms with Crippen molar-refractivity contribution in [2.24, 2.45) is 0 Å². The molecule has 0 aliphatic heterocycles. The van der Waals surface area contributed by atoms with Crippen LogP contribution in [0.25, 0.3) is 0 Å².